The van der Waals surface area contributed by atoms with E-state index in [0.29, 0.717) is 11.5 Å². The summed E-state index contributed by atoms with van der Waals surface area (Å²) in [5.74, 6) is -0.691. The number of hydrogen-bond donors (Lipinski definition) is 2. The Balaban J connectivity index is 1.76. The number of carbonyl (C=O) groups is 1. The molecule has 1 saturated carbocycles. The van der Waals surface area contributed by atoms with Crippen LogP contribution < -0.4 is 5.32 Å². The summed E-state index contributed by atoms with van der Waals surface area (Å²) in [6.45, 7) is 7.76. The van der Waals surface area contributed by atoms with Gasteiger partial charge >= 0.3 is 5.97 Å². The van der Waals surface area contributed by atoms with Gasteiger partial charge < -0.3 is 15.3 Å². The van der Waals surface area contributed by atoms with Gasteiger partial charge in [0.1, 0.15) is 6.04 Å². The van der Waals surface area contributed by atoms with Gasteiger partial charge in [-0.05, 0) is 50.5 Å². The van der Waals surface area contributed by atoms with Gasteiger partial charge in [-0.3, -0.25) is 4.79 Å². The van der Waals surface area contributed by atoms with Crippen molar-refractivity contribution in [3.63, 3.8) is 0 Å². The highest BCUT2D eigenvalue weighted by molar-refractivity contribution is 5.73. The van der Waals surface area contributed by atoms with Gasteiger partial charge in [-0.2, -0.15) is 0 Å². The standard InChI is InChI=1S/C15H28N2O2/c1-3-15(4-2)8-10-17(11-15)9-7-13(14(18)19)16-12-5-6-12/h12-13,16H,3-11H2,1-2H3,(H,18,19). The van der Waals surface area contributed by atoms with Crippen LogP contribution in [0.4, 0.5) is 0 Å². The van der Waals surface area contributed by atoms with Crippen molar-refractivity contribution in [3.8, 4) is 0 Å². The Morgan fingerprint density at radius 2 is 2.11 bits per heavy atom. The minimum Gasteiger partial charge on any atom is -0.480 e. The van der Waals surface area contributed by atoms with Crippen LogP contribution in [0.15, 0.2) is 0 Å². The number of aliphatic carboxylic acids is 1. The summed E-state index contributed by atoms with van der Waals surface area (Å²) in [6, 6.07) is 0.107. The lowest BCUT2D eigenvalue weighted by Gasteiger charge is -2.27. The van der Waals surface area contributed by atoms with Crippen LogP contribution in [-0.2, 0) is 4.79 Å². The van der Waals surface area contributed by atoms with Gasteiger partial charge in [0.15, 0.2) is 0 Å². The third-order valence-electron chi connectivity index (χ3n) is 5.06. The van der Waals surface area contributed by atoms with Gasteiger partial charge in [-0.15, -0.1) is 0 Å². The fourth-order valence-electron chi connectivity index (χ4n) is 3.17. The van der Waals surface area contributed by atoms with Crippen molar-refractivity contribution in [3.05, 3.63) is 0 Å². The van der Waals surface area contributed by atoms with Gasteiger partial charge in [-0.1, -0.05) is 13.8 Å². The lowest BCUT2D eigenvalue weighted by atomic mass is 9.82. The minimum atomic E-state index is -0.691. The predicted molar refractivity (Wildman–Crippen MR) is 76.3 cm³/mol. The molecule has 0 aromatic rings. The molecular formula is C15H28N2O2. The maximum Gasteiger partial charge on any atom is 0.320 e. The molecule has 0 spiro atoms. The van der Waals surface area contributed by atoms with Gasteiger partial charge in [0.05, 0.1) is 0 Å². The van der Waals surface area contributed by atoms with Crippen molar-refractivity contribution in [2.24, 2.45) is 5.41 Å². The maximum atomic E-state index is 11.2. The molecule has 4 heteroatoms. The summed E-state index contributed by atoms with van der Waals surface area (Å²) in [6.07, 6.45) is 6.76. The fourth-order valence-corrected chi connectivity index (χ4v) is 3.17. The Hall–Kier alpha value is -0.610. The zero-order chi connectivity index (χ0) is 13.9. The van der Waals surface area contributed by atoms with E-state index in [1.54, 1.807) is 0 Å². The second-order valence-electron chi connectivity index (χ2n) is 6.35. The van der Waals surface area contributed by atoms with Gasteiger partial charge in [0, 0.05) is 19.1 Å². The molecule has 2 fully saturated rings. The van der Waals surface area contributed by atoms with Crippen LogP contribution in [0.2, 0.25) is 0 Å². The average Bonchev–Trinajstić information content (AvgIpc) is 3.13. The van der Waals surface area contributed by atoms with Crippen molar-refractivity contribution in [2.75, 3.05) is 19.6 Å². The maximum absolute atomic E-state index is 11.2. The first-order valence-corrected chi connectivity index (χ1v) is 7.80. The van der Waals surface area contributed by atoms with Crippen LogP contribution in [0.5, 0.6) is 0 Å². The summed E-state index contributed by atoms with van der Waals surface area (Å²) in [4.78, 5) is 13.7. The summed E-state index contributed by atoms with van der Waals surface area (Å²) in [7, 11) is 0. The monoisotopic (exact) mass is 268 g/mol. The number of hydrogen-bond acceptors (Lipinski definition) is 3. The third kappa shape index (κ3) is 3.93. The molecule has 0 radical (unpaired) electrons. The number of nitrogens with one attached hydrogen (secondary N) is 1. The van der Waals surface area contributed by atoms with Crippen LogP contribution >= 0.6 is 0 Å². The molecule has 1 saturated heterocycles. The molecule has 0 aromatic carbocycles. The normalized spacial score (nSPS) is 24.5. The molecule has 0 amide bonds. The third-order valence-corrected chi connectivity index (χ3v) is 5.06. The Bertz CT molecular complexity index is 311. The molecule has 0 aromatic heterocycles. The Morgan fingerprint density at radius 3 is 2.58 bits per heavy atom. The van der Waals surface area contributed by atoms with Gasteiger partial charge in [0.25, 0.3) is 0 Å². The highest BCUT2D eigenvalue weighted by atomic mass is 16.4. The molecule has 1 atom stereocenters. The zero-order valence-electron chi connectivity index (χ0n) is 12.3. The van der Waals surface area contributed by atoms with E-state index in [-0.39, 0.29) is 6.04 Å². The number of carboxylic acid groups (broad SMARTS) is 1. The number of carboxylic acids is 1. The molecular weight excluding hydrogens is 240 g/mol. The lowest BCUT2D eigenvalue weighted by molar-refractivity contribution is -0.139. The highest BCUT2D eigenvalue weighted by Gasteiger charge is 2.35. The molecule has 110 valence electrons. The highest BCUT2D eigenvalue weighted by Crippen LogP contribution is 2.36. The molecule has 1 unspecified atom stereocenters. The van der Waals surface area contributed by atoms with Crippen LogP contribution in [0.1, 0.15) is 52.4 Å². The molecule has 4 nitrogen and oxygen atoms in total. The Morgan fingerprint density at radius 1 is 1.42 bits per heavy atom. The topological polar surface area (TPSA) is 52.6 Å². The Kier molecular flexibility index (Phi) is 4.85. The van der Waals surface area contributed by atoms with Gasteiger partial charge in [0.2, 0.25) is 0 Å². The molecule has 1 aliphatic heterocycles. The second-order valence-corrected chi connectivity index (χ2v) is 6.35. The SMILES string of the molecule is CCC1(CC)CCN(CCC(NC2CC2)C(=O)O)C1. The molecule has 2 aliphatic rings. The molecule has 2 N–H and O–H groups in total. The Labute approximate surface area is 116 Å². The summed E-state index contributed by atoms with van der Waals surface area (Å²) in [5, 5.41) is 12.5. The van der Waals surface area contributed by atoms with E-state index in [1.165, 1.54) is 19.3 Å². The van der Waals surface area contributed by atoms with E-state index in [0.717, 1.165) is 38.9 Å². The number of nitrogens with zero attached hydrogens (tertiary/aromatic N) is 1. The molecule has 0 bridgehead atoms. The van der Waals surface area contributed by atoms with Crippen LogP contribution in [0.25, 0.3) is 0 Å². The molecule has 1 heterocycles. The van der Waals surface area contributed by atoms with Crippen molar-refractivity contribution >= 4 is 5.97 Å². The molecule has 1 aliphatic carbocycles. The van der Waals surface area contributed by atoms with E-state index in [4.69, 9.17) is 0 Å². The van der Waals surface area contributed by atoms with E-state index in [2.05, 4.69) is 24.1 Å². The van der Waals surface area contributed by atoms with Crippen molar-refractivity contribution in [2.45, 2.75) is 64.5 Å². The van der Waals surface area contributed by atoms with Crippen LogP contribution in [0, 0.1) is 5.41 Å². The van der Waals surface area contributed by atoms with Crippen LogP contribution in [-0.4, -0.2) is 47.7 Å². The first kappa shape index (κ1) is 14.8. The molecule has 2 rings (SSSR count). The van der Waals surface area contributed by atoms with Crippen molar-refractivity contribution < 1.29 is 9.90 Å². The van der Waals surface area contributed by atoms with E-state index >= 15 is 0 Å². The summed E-state index contributed by atoms with van der Waals surface area (Å²) in [5.41, 5.74) is 0.489. The van der Waals surface area contributed by atoms with E-state index in [1.807, 2.05) is 0 Å². The lowest BCUT2D eigenvalue weighted by Crippen LogP contribution is -2.41. The van der Waals surface area contributed by atoms with Crippen molar-refractivity contribution in [1.29, 1.82) is 0 Å². The number of rotatable bonds is 8. The quantitative estimate of drug-likeness (QED) is 0.708. The zero-order valence-corrected chi connectivity index (χ0v) is 12.3. The largest absolute Gasteiger partial charge is 0.480 e. The first-order chi connectivity index (χ1) is 9.08. The van der Waals surface area contributed by atoms with Crippen molar-refractivity contribution in [1.82, 2.24) is 10.2 Å². The van der Waals surface area contributed by atoms with E-state index < -0.39 is 5.97 Å². The summed E-state index contributed by atoms with van der Waals surface area (Å²) < 4.78 is 0. The predicted octanol–water partition coefficient (Wildman–Crippen LogP) is 2.09. The first-order valence-electron chi connectivity index (χ1n) is 7.80. The van der Waals surface area contributed by atoms with E-state index in [9.17, 15) is 9.90 Å². The second kappa shape index (κ2) is 6.23. The number of likely N-dealkylation sites (tertiary alicyclic amines) is 1. The van der Waals surface area contributed by atoms with Crippen LogP contribution in [0.3, 0.4) is 0 Å². The minimum absolute atomic E-state index is 0.356. The fraction of sp³-hybridized carbons (Fsp3) is 0.933. The average molecular weight is 268 g/mol. The smallest absolute Gasteiger partial charge is 0.320 e. The van der Waals surface area contributed by atoms with Gasteiger partial charge in [-0.25, -0.2) is 0 Å². The molecule has 19 heavy (non-hydrogen) atoms. The summed E-state index contributed by atoms with van der Waals surface area (Å²) >= 11 is 0.